The number of anilines is 2. The minimum atomic E-state index is -4.46. The molecule has 1 aromatic carbocycles. The third-order valence-corrected chi connectivity index (χ3v) is 2.69. The van der Waals surface area contributed by atoms with E-state index >= 15 is 0 Å². The Balaban J connectivity index is 1.98. The Kier molecular flexibility index (Phi) is 4.32. The number of halogens is 4. The van der Waals surface area contributed by atoms with Crippen LogP contribution in [0.4, 0.5) is 29.5 Å². The molecular weight excluding hydrogens is 307 g/mol. The normalized spacial score (nSPS) is 11.0. The molecule has 110 valence electrons. The lowest BCUT2D eigenvalue weighted by Crippen LogP contribution is -2.20. The molecule has 4 nitrogen and oxygen atoms in total. The predicted octanol–water partition coefficient (Wildman–Crippen LogP) is 4.40. The molecule has 2 rings (SSSR count). The van der Waals surface area contributed by atoms with Crippen LogP contribution in [0.2, 0.25) is 5.02 Å². The monoisotopic (exact) mass is 315 g/mol. The highest BCUT2D eigenvalue weighted by molar-refractivity contribution is 6.30. The van der Waals surface area contributed by atoms with Crippen LogP contribution in [0.5, 0.6) is 0 Å². The Labute approximate surface area is 122 Å². The van der Waals surface area contributed by atoms with E-state index in [0.717, 1.165) is 12.1 Å². The first-order valence-corrected chi connectivity index (χ1v) is 6.09. The average Bonchev–Trinajstić information content (AvgIpc) is 2.41. The van der Waals surface area contributed by atoms with Crippen molar-refractivity contribution in [1.82, 2.24) is 4.98 Å². The van der Waals surface area contributed by atoms with Crippen LogP contribution >= 0.6 is 11.6 Å². The summed E-state index contributed by atoms with van der Waals surface area (Å²) < 4.78 is 37.1. The lowest BCUT2D eigenvalue weighted by molar-refractivity contribution is -0.137. The fourth-order valence-electron chi connectivity index (χ4n) is 1.45. The van der Waals surface area contributed by atoms with E-state index in [-0.39, 0.29) is 5.82 Å². The van der Waals surface area contributed by atoms with E-state index in [2.05, 4.69) is 15.6 Å². The van der Waals surface area contributed by atoms with Gasteiger partial charge >= 0.3 is 12.2 Å². The third-order valence-electron chi connectivity index (χ3n) is 2.43. The van der Waals surface area contributed by atoms with Gasteiger partial charge in [-0.3, -0.25) is 5.32 Å². The van der Waals surface area contributed by atoms with E-state index in [1.54, 1.807) is 24.3 Å². The first kappa shape index (κ1) is 15.1. The molecule has 0 aliphatic rings. The molecule has 0 unspecified atom stereocenters. The number of aromatic nitrogens is 1. The zero-order valence-corrected chi connectivity index (χ0v) is 11.2. The molecule has 0 spiro atoms. The van der Waals surface area contributed by atoms with Gasteiger partial charge in [-0.15, -0.1) is 0 Å². The lowest BCUT2D eigenvalue weighted by atomic mass is 10.3. The molecule has 2 amide bonds. The highest BCUT2D eigenvalue weighted by Gasteiger charge is 2.30. The molecule has 0 fully saturated rings. The number of alkyl halides is 3. The van der Waals surface area contributed by atoms with Crippen LogP contribution in [0.1, 0.15) is 5.56 Å². The molecule has 0 radical (unpaired) electrons. The zero-order valence-electron chi connectivity index (χ0n) is 10.4. The van der Waals surface area contributed by atoms with Crippen LogP contribution < -0.4 is 10.6 Å². The maximum atomic E-state index is 12.4. The van der Waals surface area contributed by atoms with Crippen LogP contribution in [0.25, 0.3) is 0 Å². The van der Waals surface area contributed by atoms with Gasteiger partial charge in [-0.1, -0.05) is 11.6 Å². The van der Waals surface area contributed by atoms with Crippen molar-refractivity contribution in [3.8, 4) is 0 Å². The van der Waals surface area contributed by atoms with Crippen LogP contribution in [0, 0.1) is 0 Å². The minimum Gasteiger partial charge on any atom is -0.308 e. The van der Waals surface area contributed by atoms with Gasteiger partial charge in [0.25, 0.3) is 0 Å². The maximum Gasteiger partial charge on any atom is 0.417 e. The van der Waals surface area contributed by atoms with Crippen LogP contribution in [0.3, 0.4) is 0 Å². The number of nitrogens with zero attached hydrogens (tertiary/aromatic N) is 1. The molecule has 0 aliphatic carbocycles. The second-order valence-corrected chi connectivity index (χ2v) is 4.45. The van der Waals surface area contributed by atoms with Gasteiger partial charge in [-0.05, 0) is 36.4 Å². The maximum absolute atomic E-state index is 12.4. The van der Waals surface area contributed by atoms with Gasteiger partial charge in [0.05, 0.1) is 5.56 Å². The van der Waals surface area contributed by atoms with E-state index < -0.39 is 17.8 Å². The molecule has 0 saturated heterocycles. The van der Waals surface area contributed by atoms with Gasteiger partial charge in [-0.25, -0.2) is 9.78 Å². The number of pyridine rings is 1. The average molecular weight is 316 g/mol. The van der Waals surface area contributed by atoms with Gasteiger partial charge in [-0.2, -0.15) is 13.2 Å². The number of urea groups is 1. The molecule has 0 bridgehead atoms. The summed E-state index contributed by atoms with van der Waals surface area (Å²) in [5.41, 5.74) is -0.394. The summed E-state index contributed by atoms with van der Waals surface area (Å²) in [6.07, 6.45) is -3.81. The molecule has 0 saturated carbocycles. The Bertz CT molecular complexity index is 627. The third kappa shape index (κ3) is 4.35. The fourth-order valence-corrected chi connectivity index (χ4v) is 1.57. The molecule has 1 aromatic heterocycles. The molecule has 0 aliphatic heterocycles. The molecule has 21 heavy (non-hydrogen) atoms. The summed E-state index contributed by atoms with van der Waals surface area (Å²) in [6, 6.07) is 7.64. The summed E-state index contributed by atoms with van der Waals surface area (Å²) in [5.74, 6) is 0.00876. The zero-order chi connectivity index (χ0) is 15.5. The number of rotatable bonds is 2. The van der Waals surface area contributed by atoms with Gasteiger partial charge in [0.2, 0.25) is 0 Å². The lowest BCUT2D eigenvalue weighted by Gasteiger charge is -2.09. The van der Waals surface area contributed by atoms with Crippen LogP contribution in [-0.4, -0.2) is 11.0 Å². The first-order chi connectivity index (χ1) is 9.84. The second-order valence-electron chi connectivity index (χ2n) is 4.02. The van der Waals surface area contributed by atoms with Crippen molar-refractivity contribution < 1.29 is 18.0 Å². The number of carbonyl (C=O) groups is 1. The molecule has 0 atom stereocenters. The SMILES string of the molecule is O=C(Nc1ccc(Cl)cc1)Nc1ccc(C(F)(F)F)cn1. The standard InChI is InChI=1S/C13H9ClF3N3O/c14-9-2-4-10(5-3-9)19-12(21)20-11-6-1-8(7-18-11)13(15,16)17/h1-7H,(H2,18,19,20,21). The Morgan fingerprint density at radius 1 is 1.05 bits per heavy atom. The van der Waals surface area contributed by atoms with Crippen molar-refractivity contribution >= 4 is 29.1 Å². The van der Waals surface area contributed by atoms with E-state index in [1.165, 1.54) is 0 Å². The molecule has 2 N–H and O–H groups in total. The molecular formula is C13H9ClF3N3O. The van der Waals surface area contributed by atoms with E-state index in [9.17, 15) is 18.0 Å². The Hall–Kier alpha value is -2.28. The van der Waals surface area contributed by atoms with Crippen molar-refractivity contribution in [1.29, 1.82) is 0 Å². The van der Waals surface area contributed by atoms with Gasteiger partial charge in [0.15, 0.2) is 0 Å². The van der Waals surface area contributed by atoms with Crippen molar-refractivity contribution in [2.24, 2.45) is 0 Å². The smallest absolute Gasteiger partial charge is 0.308 e. The molecule has 2 aromatic rings. The number of hydrogen-bond acceptors (Lipinski definition) is 2. The highest BCUT2D eigenvalue weighted by atomic mass is 35.5. The van der Waals surface area contributed by atoms with Gasteiger partial charge in [0.1, 0.15) is 5.82 Å². The Morgan fingerprint density at radius 3 is 2.24 bits per heavy atom. The number of benzene rings is 1. The number of hydrogen-bond donors (Lipinski definition) is 2. The predicted molar refractivity (Wildman–Crippen MR) is 73.3 cm³/mol. The highest BCUT2D eigenvalue weighted by Crippen LogP contribution is 2.28. The summed E-state index contributed by atoms with van der Waals surface area (Å²) in [5, 5.41) is 5.33. The van der Waals surface area contributed by atoms with E-state index in [1.807, 2.05) is 0 Å². The minimum absolute atomic E-state index is 0.00876. The van der Waals surface area contributed by atoms with E-state index in [0.29, 0.717) is 16.9 Å². The van der Waals surface area contributed by atoms with Crippen LogP contribution in [0.15, 0.2) is 42.6 Å². The Morgan fingerprint density at radius 2 is 1.71 bits per heavy atom. The number of amides is 2. The molecule has 8 heteroatoms. The molecule has 1 heterocycles. The number of carbonyl (C=O) groups excluding carboxylic acids is 1. The van der Waals surface area contributed by atoms with Crippen LogP contribution in [-0.2, 0) is 6.18 Å². The van der Waals surface area contributed by atoms with Crippen molar-refractivity contribution in [2.75, 3.05) is 10.6 Å². The van der Waals surface area contributed by atoms with Gasteiger partial charge in [0, 0.05) is 16.9 Å². The largest absolute Gasteiger partial charge is 0.417 e. The van der Waals surface area contributed by atoms with Crippen molar-refractivity contribution in [3.05, 3.63) is 53.2 Å². The summed E-state index contributed by atoms with van der Waals surface area (Å²) in [6.45, 7) is 0. The van der Waals surface area contributed by atoms with Crippen molar-refractivity contribution in [3.63, 3.8) is 0 Å². The van der Waals surface area contributed by atoms with E-state index in [4.69, 9.17) is 11.6 Å². The topological polar surface area (TPSA) is 54.0 Å². The van der Waals surface area contributed by atoms with Gasteiger partial charge < -0.3 is 5.32 Å². The summed E-state index contributed by atoms with van der Waals surface area (Å²) >= 11 is 5.70. The first-order valence-electron chi connectivity index (χ1n) is 5.71. The summed E-state index contributed by atoms with van der Waals surface area (Å²) in [4.78, 5) is 15.2. The van der Waals surface area contributed by atoms with Crippen molar-refractivity contribution in [2.45, 2.75) is 6.18 Å². The second kappa shape index (κ2) is 6.01. The fraction of sp³-hybridized carbons (Fsp3) is 0.0769. The quantitative estimate of drug-likeness (QED) is 0.863. The number of nitrogens with one attached hydrogen (secondary N) is 2. The summed E-state index contributed by atoms with van der Waals surface area (Å²) in [7, 11) is 0.